The Morgan fingerprint density at radius 1 is 1.32 bits per heavy atom. The van der Waals surface area contributed by atoms with Gasteiger partial charge in [0.25, 0.3) is 0 Å². The summed E-state index contributed by atoms with van der Waals surface area (Å²) in [6, 6.07) is 10.7. The van der Waals surface area contributed by atoms with Gasteiger partial charge in [-0.15, -0.1) is 0 Å². The van der Waals surface area contributed by atoms with Crippen LogP contribution in [0.25, 0.3) is 5.57 Å². The van der Waals surface area contributed by atoms with Crippen molar-refractivity contribution in [2.24, 2.45) is 5.92 Å². The van der Waals surface area contributed by atoms with Crippen molar-refractivity contribution in [2.75, 3.05) is 5.32 Å². The van der Waals surface area contributed by atoms with Gasteiger partial charge >= 0.3 is 0 Å². The number of fused-ring (bicyclic) bond motifs is 1. The molecule has 2 nitrogen and oxygen atoms in total. The molecule has 0 radical (unpaired) electrons. The van der Waals surface area contributed by atoms with Crippen LogP contribution in [0.3, 0.4) is 0 Å². The summed E-state index contributed by atoms with van der Waals surface area (Å²) in [7, 11) is 0. The lowest BCUT2D eigenvalue weighted by Crippen LogP contribution is -2.10. The Balaban J connectivity index is 1.76. The smallest absolute Gasteiger partial charge is 0.0414 e. The van der Waals surface area contributed by atoms with Crippen molar-refractivity contribution in [3.05, 3.63) is 78.3 Å². The molecule has 1 aromatic carbocycles. The highest BCUT2D eigenvalue weighted by molar-refractivity contribution is 5.70. The summed E-state index contributed by atoms with van der Waals surface area (Å²) in [6.07, 6.45) is 6.78. The minimum Gasteiger partial charge on any atom is -0.359 e. The number of allylic oxidation sites excluding steroid dienone is 2. The quantitative estimate of drug-likeness (QED) is 0.871. The lowest BCUT2D eigenvalue weighted by atomic mass is 9.88. The molecule has 2 aromatic rings. The lowest BCUT2D eigenvalue weighted by Gasteiger charge is -2.22. The van der Waals surface area contributed by atoms with Crippen molar-refractivity contribution in [1.82, 2.24) is 4.98 Å². The third-order valence-corrected chi connectivity index (χ3v) is 4.34. The van der Waals surface area contributed by atoms with Crippen LogP contribution >= 0.6 is 0 Å². The van der Waals surface area contributed by atoms with E-state index in [0.29, 0.717) is 5.92 Å². The van der Waals surface area contributed by atoms with E-state index in [4.69, 9.17) is 0 Å². The molecule has 0 aliphatic carbocycles. The number of rotatable bonds is 4. The summed E-state index contributed by atoms with van der Waals surface area (Å²) >= 11 is 0. The van der Waals surface area contributed by atoms with E-state index in [1.807, 2.05) is 18.5 Å². The van der Waals surface area contributed by atoms with Gasteiger partial charge in [0.05, 0.1) is 0 Å². The van der Waals surface area contributed by atoms with E-state index in [2.05, 4.69) is 54.6 Å². The summed E-state index contributed by atoms with van der Waals surface area (Å²) in [5.74, 6) is 0.397. The Labute approximate surface area is 132 Å². The first-order chi connectivity index (χ1) is 10.6. The van der Waals surface area contributed by atoms with Crippen LogP contribution in [0.1, 0.15) is 30.0 Å². The zero-order chi connectivity index (χ0) is 15.5. The van der Waals surface area contributed by atoms with Gasteiger partial charge in [0.1, 0.15) is 0 Å². The Morgan fingerprint density at radius 2 is 2.18 bits per heavy atom. The van der Waals surface area contributed by atoms with Crippen LogP contribution in [-0.2, 0) is 12.8 Å². The van der Waals surface area contributed by atoms with E-state index in [-0.39, 0.29) is 0 Å². The summed E-state index contributed by atoms with van der Waals surface area (Å²) in [5.41, 5.74) is 7.34. The molecular formula is C20H22N2. The minimum absolute atomic E-state index is 0.397. The van der Waals surface area contributed by atoms with Crippen LogP contribution in [0.5, 0.6) is 0 Å². The van der Waals surface area contributed by atoms with Crippen LogP contribution in [0.4, 0.5) is 5.69 Å². The predicted octanol–water partition coefficient (Wildman–Crippen LogP) is 4.85. The summed E-state index contributed by atoms with van der Waals surface area (Å²) in [4.78, 5) is 4.19. The largest absolute Gasteiger partial charge is 0.359 e. The highest BCUT2D eigenvalue weighted by Crippen LogP contribution is 2.31. The predicted molar refractivity (Wildman–Crippen MR) is 93.7 cm³/mol. The fraction of sp³-hybridized carbons (Fsp3) is 0.250. The number of hydrogen-bond acceptors (Lipinski definition) is 2. The second kappa shape index (κ2) is 6.18. The van der Waals surface area contributed by atoms with Gasteiger partial charge in [-0.2, -0.15) is 0 Å². The molecule has 1 atom stereocenters. The molecule has 2 heterocycles. The normalized spacial score (nSPS) is 14.9. The molecule has 2 heteroatoms. The zero-order valence-corrected chi connectivity index (χ0v) is 13.1. The molecule has 0 bridgehead atoms. The summed E-state index contributed by atoms with van der Waals surface area (Å²) in [6.45, 7) is 10.6. The fourth-order valence-corrected chi connectivity index (χ4v) is 2.94. The van der Waals surface area contributed by atoms with Gasteiger partial charge in [-0.25, -0.2) is 0 Å². The maximum Gasteiger partial charge on any atom is 0.0414 e. The van der Waals surface area contributed by atoms with Gasteiger partial charge in [-0.3, -0.25) is 4.98 Å². The van der Waals surface area contributed by atoms with E-state index in [1.165, 1.54) is 28.0 Å². The molecular weight excluding hydrogens is 268 g/mol. The molecule has 1 N–H and O–H groups in total. The number of aryl methyl sites for hydroxylation is 1. The summed E-state index contributed by atoms with van der Waals surface area (Å²) < 4.78 is 0. The Bertz CT molecular complexity index is 701. The minimum atomic E-state index is 0.397. The number of aromatic nitrogens is 1. The SMILES string of the molecule is C=C1CCc2cc(C(=C)C(C)Cc3cccnc3)ccc2N1. The van der Waals surface area contributed by atoms with Crippen LogP contribution in [-0.4, -0.2) is 4.98 Å². The van der Waals surface area contributed by atoms with Crippen molar-refractivity contribution in [2.45, 2.75) is 26.2 Å². The second-order valence-electron chi connectivity index (χ2n) is 6.09. The van der Waals surface area contributed by atoms with Crippen molar-refractivity contribution in [3.8, 4) is 0 Å². The third kappa shape index (κ3) is 3.11. The van der Waals surface area contributed by atoms with E-state index < -0.39 is 0 Å². The molecule has 0 saturated carbocycles. The zero-order valence-electron chi connectivity index (χ0n) is 13.1. The first kappa shape index (κ1) is 14.6. The van der Waals surface area contributed by atoms with E-state index in [0.717, 1.165) is 25.0 Å². The van der Waals surface area contributed by atoms with Gasteiger partial charge < -0.3 is 5.32 Å². The van der Waals surface area contributed by atoms with Crippen molar-refractivity contribution >= 4 is 11.3 Å². The molecule has 1 aromatic heterocycles. The van der Waals surface area contributed by atoms with Crippen LogP contribution in [0.15, 0.2) is 61.6 Å². The van der Waals surface area contributed by atoms with E-state index in [1.54, 1.807) is 0 Å². The van der Waals surface area contributed by atoms with E-state index >= 15 is 0 Å². The Morgan fingerprint density at radius 3 is 2.95 bits per heavy atom. The van der Waals surface area contributed by atoms with Crippen LogP contribution in [0.2, 0.25) is 0 Å². The fourth-order valence-electron chi connectivity index (χ4n) is 2.94. The number of nitrogens with zero attached hydrogens (tertiary/aromatic N) is 1. The average Bonchev–Trinajstić information content (AvgIpc) is 2.54. The highest BCUT2D eigenvalue weighted by Gasteiger charge is 2.15. The van der Waals surface area contributed by atoms with Crippen molar-refractivity contribution < 1.29 is 0 Å². The number of benzene rings is 1. The van der Waals surface area contributed by atoms with Gasteiger partial charge in [0, 0.05) is 23.8 Å². The molecule has 22 heavy (non-hydrogen) atoms. The molecule has 3 rings (SSSR count). The topological polar surface area (TPSA) is 24.9 Å². The molecule has 0 amide bonds. The van der Waals surface area contributed by atoms with Gasteiger partial charge in [0.15, 0.2) is 0 Å². The molecule has 0 spiro atoms. The first-order valence-electron chi connectivity index (χ1n) is 7.79. The Kier molecular flexibility index (Phi) is 4.10. The van der Waals surface area contributed by atoms with Gasteiger partial charge in [-0.05, 0) is 65.6 Å². The molecule has 0 fully saturated rings. The molecule has 1 aliphatic heterocycles. The number of anilines is 1. The van der Waals surface area contributed by atoms with Crippen LogP contribution < -0.4 is 5.32 Å². The van der Waals surface area contributed by atoms with Gasteiger partial charge in [-0.1, -0.05) is 32.2 Å². The molecule has 112 valence electrons. The van der Waals surface area contributed by atoms with Crippen LogP contribution in [0, 0.1) is 5.92 Å². The maximum absolute atomic E-state index is 4.33. The van der Waals surface area contributed by atoms with Crippen molar-refractivity contribution in [1.29, 1.82) is 0 Å². The summed E-state index contributed by atoms with van der Waals surface area (Å²) in [5, 5.41) is 3.36. The lowest BCUT2D eigenvalue weighted by molar-refractivity contribution is 0.742. The second-order valence-corrected chi connectivity index (χ2v) is 6.09. The maximum atomic E-state index is 4.33. The Hall–Kier alpha value is -2.35. The number of hydrogen-bond donors (Lipinski definition) is 1. The monoisotopic (exact) mass is 290 g/mol. The molecule has 0 saturated heterocycles. The van der Waals surface area contributed by atoms with E-state index in [9.17, 15) is 0 Å². The third-order valence-electron chi connectivity index (χ3n) is 4.34. The molecule has 1 aliphatic rings. The highest BCUT2D eigenvalue weighted by atomic mass is 14.9. The number of pyridine rings is 1. The van der Waals surface area contributed by atoms with Crippen molar-refractivity contribution in [3.63, 3.8) is 0 Å². The standard InChI is InChI=1S/C20H22N2/c1-14(11-17-5-4-10-21-13-17)16(3)18-8-9-20-19(12-18)7-6-15(2)22-20/h4-5,8-10,12-14,22H,2-3,6-7,11H2,1H3. The average molecular weight is 290 g/mol. The van der Waals surface area contributed by atoms with Gasteiger partial charge in [0.2, 0.25) is 0 Å². The number of nitrogens with one attached hydrogen (secondary N) is 1. The molecule has 1 unspecified atom stereocenters. The first-order valence-corrected chi connectivity index (χ1v) is 7.79.